The van der Waals surface area contributed by atoms with Crippen molar-refractivity contribution in [1.29, 1.82) is 0 Å². The zero-order valence-electron chi connectivity index (χ0n) is 13.1. The van der Waals surface area contributed by atoms with E-state index in [2.05, 4.69) is 31.0 Å². The molecule has 2 rings (SSSR count). The summed E-state index contributed by atoms with van der Waals surface area (Å²) in [6.07, 6.45) is 5.09. The molecule has 1 aromatic carbocycles. The fourth-order valence-electron chi connectivity index (χ4n) is 3.80. The third kappa shape index (κ3) is 2.84. The van der Waals surface area contributed by atoms with Gasteiger partial charge in [0, 0.05) is 18.6 Å². The topological polar surface area (TPSA) is 38.5 Å². The lowest BCUT2D eigenvalue weighted by Gasteiger charge is -2.43. The molecule has 3 nitrogen and oxygen atoms in total. The number of benzene rings is 1. The quantitative estimate of drug-likeness (QED) is 0.868. The highest BCUT2D eigenvalue weighted by Gasteiger charge is 2.43. The average molecular weight is 276 g/mol. The van der Waals surface area contributed by atoms with E-state index in [-0.39, 0.29) is 5.54 Å². The fraction of sp³-hybridized carbons (Fsp3) is 0.647. The molecule has 0 heterocycles. The van der Waals surface area contributed by atoms with Crippen LogP contribution in [0.25, 0.3) is 0 Å². The molecule has 3 heteroatoms. The Morgan fingerprint density at radius 2 is 2.05 bits per heavy atom. The smallest absolute Gasteiger partial charge is 0.118 e. The Bertz CT molecular complexity index is 418. The maximum absolute atomic E-state index is 6.17. The minimum Gasteiger partial charge on any atom is -0.497 e. The van der Waals surface area contributed by atoms with Gasteiger partial charge in [-0.2, -0.15) is 0 Å². The van der Waals surface area contributed by atoms with Crippen LogP contribution in [0.4, 0.5) is 0 Å². The first-order chi connectivity index (χ1) is 9.66. The first-order valence-electron chi connectivity index (χ1n) is 7.70. The van der Waals surface area contributed by atoms with Crippen LogP contribution in [0.15, 0.2) is 24.3 Å². The number of rotatable bonds is 6. The Morgan fingerprint density at radius 3 is 2.60 bits per heavy atom. The standard InChI is InChI=1S/C17H28N2O/c1-4-15-6-5-11-17(15,13-18)19(2)12-14-7-9-16(20-3)10-8-14/h7-10,15H,4-6,11-13,18H2,1-3H3. The van der Waals surface area contributed by atoms with Gasteiger partial charge in [0.2, 0.25) is 0 Å². The minimum absolute atomic E-state index is 0.189. The highest BCUT2D eigenvalue weighted by Crippen LogP contribution is 2.41. The predicted octanol–water partition coefficient (Wildman–Crippen LogP) is 3.03. The van der Waals surface area contributed by atoms with E-state index < -0.39 is 0 Å². The first-order valence-corrected chi connectivity index (χ1v) is 7.70. The van der Waals surface area contributed by atoms with Gasteiger partial charge in [0.15, 0.2) is 0 Å². The summed E-state index contributed by atoms with van der Waals surface area (Å²) in [7, 11) is 3.93. The molecular formula is C17H28N2O. The van der Waals surface area contributed by atoms with E-state index >= 15 is 0 Å². The second kappa shape index (κ2) is 6.59. The summed E-state index contributed by atoms with van der Waals surface area (Å²) < 4.78 is 5.22. The van der Waals surface area contributed by atoms with Gasteiger partial charge in [0.1, 0.15) is 5.75 Å². The van der Waals surface area contributed by atoms with E-state index in [0.717, 1.165) is 24.8 Å². The molecule has 0 amide bonds. The number of hydrogen-bond donors (Lipinski definition) is 1. The molecule has 1 fully saturated rings. The van der Waals surface area contributed by atoms with Crippen LogP contribution in [0, 0.1) is 5.92 Å². The van der Waals surface area contributed by atoms with Crippen LogP contribution in [0.3, 0.4) is 0 Å². The molecule has 0 bridgehead atoms. The lowest BCUT2D eigenvalue weighted by Crippen LogP contribution is -2.54. The molecule has 1 aliphatic rings. The molecule has 1 saturated carbocycles. The third-order valence-corrected chi connectivity index (χ3v) is 5.11. The number of likely N-dealkylation sites (N-methyl/N-ethyl adjacent to an activating group) is 1. The van der Waals surface area contributed by atoms with Crippen LogP contribution in [0.2, 0.25) is 0 Å². The molecule has 0 aliphatic heterocycles. The van der Waals surface area contributed by atoms with Crippen molar-refractivity contribution in [1.82, 2.24) is 4.90 Å². The summed E-state index contributed by atoms with van der Waals surface area (Å²) in [6, 6.07) is 8.36. The van der Waals surface area contributed by atoms with Crippen molar-refractivity contribution in [3.05, 3.63) is 29.8 Å². The van der Waals surface area contributed by atoms with Crippen LogP contribution in [-0.2, 0) is 6.54 Å². The maximum atomic E-state index is 6.17. The lowest BCUT2D eigenvalue weighted by atomic mass is 9.83. The predicted molar refractivity (Wildman–Crippen MR) is 83.9 cm³/mol. The Balaban J connectivity index is 2.10. The molecular weight excluding hydrogens is 248 g/mol. The largest absolute Gasteiger partial charge is 0.497 e. The van der Waals surface area contributed by atoms with Crippen molar-refractivity contribution in [3.8, 4) is 5.75 Å². The summed E-state index contributed by atoms with van der Waals surface area (Å²) in [5.41, 5.74) is 7.68. The Morgan fingerprint density at radius 1 is 1.35 bits per heavy atom. The number of methoxy groups -OCH3 is 1. The first kappa shape index (κ1) is 15.3. The zero-order chi connectivity index (χ0) is 14.6. The molecule has 20 heavy (non-hydrogen) atoms. The van der Waals surface area contributed by atoms with E-state index in [4.69, 9.17) is 10.5 Å². The molecule has 2 unspecified atom stereocenters. The number of nitrogens with two attached hydrogens (primary N) is 1. The molecule has 1 aliphatic carbocycles. The Hall–Kier alpha value is -1.06. The zero-order valence-corrected chi connectivity index (χ0v) is 13.1. The van der Waals surface area contributed by atoms with Gasteiger partial charge in [-0.15, -0.1) is 0 Å². The van der Waals surface area contributed by atoms with E-state index in [1.165, 1.54) is 31.2 Å². The Kier molecular flexibility index (Phi) is 5.06. The van der Waals surface area contributed by atoms with Crippen LogP contribution in [-0.4, -0.2) is 31.1 Å². The van der Waals surface area contributed by atoms with Crippen LogP contribution in [0.1, 0.15) is 38.2 Å². The molecule has 2 atom stereocenters. The Labute approximate surface area is 123 Å². The lowest BCUT2D eigenvalue weighted by molar-refractivity contribution is 0.0747. The normalized spacial score (nSPS) is 26.1. The van der Waals surface area contributed by atoms with Gasteiger partial charge in [0.05, 0.1) is 7.11 Å². The molecule has 0 radical (unpaired) electrons. The molecule has 112 valence electrons. The van der Waals surface area contributed by atoms with E-state index in [1.807, 2.05) is 12.1 Å². The molecule has 0 aromatic heterocycles. The summed E-state index contributed by atoms with van der Waals surface area (Å²) in [6.45, 7) is 4.01. The van der Waals surface area contributed by atoms with Gasteiger partial charge in [-0.25, -0.2) is 0 Å². The van der Waals surface area contributed by atoms with Gasteiger partial charge >= 0.3 is 0 Å². The van der Waals surface area contributed by atoms with Crippen molar-refractivity contribution >= 4 is 0 Å². The number of hydrogen-bond acceptors (Lipinski definition) is 3. The SMILES string of the molecule is CCC1CCCC1(CN)N(C)Cc1ccc(OC)cc1. The summed E-state index contributed by atoms with van der Waals surface area (Å²) >= 11 is 0. The van der Waals surface area contributed by atoms with Crippen LogP contribution >= 0.6 is 0 Å². The third-order valence-electron chi connectivity index (χ3n) is 5.11. The highest BCUT2D eigenvalue weighted by atomic mass is 16.5. The van der Waals surface area contributed by atoms with Crippen molar-refractivity contribution in [3.63, 3.8) is 0 Å². The second-order valence-corrected chi connectivity index (χ2v) is 6.01. The van der Waals surface area contributed by atoms with Crippen molar-refractivity contribution in [2.75, 3.05) is 20.7 Å². The molecule has 1 aromatic rings. The van der Waals surface area contributed by atoms with Crippen molar-refractivity contribution in [2.24, 2.45) is 11.7 Å². The summed E-state index contributed by atoms with van der Waals surface area (Å²) in [5, 5.41) is 0. The van der Waals surface area contributed by atoms with Crippen molar-refractivity contribution in [2.45, 2.75) is 44.7 Å². The van der Waals surface area contributed by atoms with E-state index in [1.54, 1.807) is 7.11 Å². The van der Waals surface area contributed by atoms with Gasteiger partial charge in [-0.05, 0) is 43.5 Å². The monoisotopic (exact) mass is 276 g/mol. The highest BCUT2D eigenvalue weighted by molar-refractivity contribution is 5.27. The maximum Gasteiger partial charge on any atom is 0.118 e. The fourth-order valence-corrected chi connectivity index (χ4v) is 3.80. The average Bonchev–Trinajstić information content (AvgIpc) is 2.92. The van der Waals surface area contributed by atoms with Crippen molar-refractivity contribution < 1.29 is 4.74 Å². The van der Waals surface area contributed by atoms with Crippen LogP contribution in [0.5, 0.6) is 5.75 Å². The molecule has 0 spiro atoms. The number of nitrogens with zero attached hydrogens (tertiary/aromatic N) is 1. The van der Waals surface area contributed by atoms with Gasteiger partial charge in [0.25, 0.3) is 0 Å². The van der Waals surface area contributed by atoms with E-state index in [0.29, 0.717) is 0 Å². The second-order valence-electron chi connectivity index (χ2n) is 6.01. The summed E-state index contributed by atoms with van der Waals surface area (Å²) in [4.78, 5) is 2.48. The van der Waals surface area contributed by atoms with Gasteiger partial charge in [-0.3, -0.25) is 4.90 Å². The minimum atomic E-state index is 0.189. The van der Waals surface area contributed by atoms with E-state index in [9.17, 15) is 0 Å². The molecule has 0 saturated heterocycles. The number of ether oxygens (including phenoxy) is 1. The molecule has 2 N–H and O–H groups in total. The van der Waals surface area contributed by atoms with Gasteiger partial charge in [-0.1, -0.05) is 31.9 Å². The van der Waals surface area contributed by atoms with Crippen LogP contribution < -0.4 is 10.5 Å². The van der Waals surface area contributed by atoms with Gasteiger partial charge < -0.3 is 10.5 Å². The summed E-state index contributed by atoms with van der Waals surface area (Å²) in [5.74, 6) is 1.65.